The van der Waals surface area contributed by atoms with Crippen LogP contribution in [0.1, 0.15) is 41.5 Å². The molecular weight excluding hydrogens is 326 g/mol. The molecule has 0 aromatic heterocycles. The minimum absolute atomic E-state index is 0.150. The standard InChI is InChI=1S/C17H23N3O3S/c1-18-9-4-10-24(22,23)20-17(21)19-16-14-7-2-5-12(14)11-13-6-3-8-15(13)16/h9,11H,2-8,10H2,1H3,(H2,19,20,21). The molecule has 2 amide bonds. The summed E-state index contributed by atoms with van der Waals surface area (Å²) in [5.41, 5.74) is 5.81. The Bertz CT molecular complexity index is 753. The Kier molecular flexibility index (Phi) is 4.89. The van der Waals surface area contributed by atoms with Gasteiger partial charge in [0, 0.05) is 12.7 Å². The summed E-state index contributed by atoms with van der Waals surface area (Å²) in [7, 11) is -2.07. The maximum Gasteiger partial charge on any atom is 0.332 e. The highest BCUT2D eigenvalue weighted by Gasteiger charge is 2.25. The van der Waals surface area contributed by atoms with Gasteiger partial charge in [0.25, 0.3) is 0 Å². The molecule has 0 bridgehead atoms. The average Bonchev–Trinajstić information content (AvgIpc) is 3.15. The number of sulfonamides is 1. The van der Waals surface area contributed by atoms with E-state index in [0.717, 1.165) is 44.2 Å². The van der Waals surface area contributed by atoms with Crippen LogP contribution in [0.5, 0.6) is 0 Å². The normalized spacial score (nSPS) is 16.2. The predicted molar refractivity (Wildman–Crippen MR) is 95.5 cm³/mol. The lowest BCUT2D eigenvalue weighted by molar-refractivity contribution is 0.256. The minimum atomic E-state index is -3.65. The van der Waals surface area contributed by atoms with Crippen molar-refractivity contribution in [1.82, 2.24) is 4.72 Å². The number of amides is 2. The number of aryl methyl sites for hydroxylation is 2. The number of nitrogens with zero attached hydrogens (tertiary/aromatic N) is 1. The number of hydrogen-bond donors (Lipinski definition) is 2. The van der Waals surface area contributed by atoms with Gasteiger partial charge < -0.3 is 10.3 Å². The largest absolute Gasteiger partial charge is 0.332 e. The first-order valence-corrected chi connectivity index (χ1v) is 10.0. The van der Waals surface area contributed by atoms with Crippen LogP contribution in [0.25, 0.3) is 0 Å². The lowest BCUT2D eigenvalue weighted by Crippen LogP contribution is -2.36. The van der Waals surface area contributed by atoms with Crippen LogP contribution < -0.4 is 10.0 Å². The molecule has 0 heterocycles. The number of carbonyl (C=O) groups excluding carboxylic acids is 1. The van der Waals surface area contributed by atoms with Gasteiger partial charge >= 0.3 is 6.03 Å². The Morgan fingerprint density at radius 2 is 1.79 bits per heavy atom. The van der Waals surface area contributed by atoms with Crippen LogP contribution in [0.2, 0.25) is 0 Å². The topological polar surface area (TPSA) is 87.6 Å². The van der Waals surface area contributed by atoms with Crippen LogP contribution in [0.4, 0.5) is 10.5 Å². The molecule has 3 rings (SSSR count). The van der Waals surface area contributed by atoms with Crippen molar-refractivity contribution < 1.29 is 13.2 Å². The maximum absolute atomic E-state index is 12.2. The Labute approximate surface area is 142 Å². The first-order valence-electron chi connectivity index (χ1n) is 8.39. The van der Waals surface area contributed by atoms with Crippen molar-refractivity contribution in [3.05, 3.63) is 28.3 Å². The van der Waals surface area contributed by atoms with Gasteiger partial charge in [0.2, 0.25) is 10.0 Å². The number of benzene rings is 1. The van der Waals surface area contributed by atoms with Gasteiger partial charge in [-0.2, -0.15) is 0 Å². The molecule has 2 aliphatic rings. The van der Waals surface area contributed by atoms with Gasteiger partial charge in [0.15, 0.2) is 0 Å². The number of hydrogen-bond acceptors (Lipinski definition) is 4. The molecule has 130 valence electrons. The van der Waals surface area contributed by atoms with Gasteiger partial charge in [-0.1, -0.05) is 6.07 Å². The highest BCUT2D eigenvalue weighted by atomic mass is 32.2. The zero-order valence-corrected chi connectivity index (χ0v) is 14.7. The number of aliphatic imine (C=N–C) groups is 1. The Hall–Kier alpha value is -1.89. The van der Waals surface area contributed by atoms with Gasteiger partial charge in [-0.25, -0.2) is 17.9 Å². The maximum atomic E-state index is 12.2. The molecule has 2 aliphatic carbocycles. The number of fused-ring (bicyclic) bond motifs is 2. The molecule has 0 saturated carbocycles. The molecule has 0 fully saturated rings. The Morgan fingerprint density at radius 1 is 1.17 bits per heavy atom. The summed E-state index contributed by atoms with van der Waals surface area (Å²) in [6.45, 7) is 0. The lowest BCUT2D eigenvalue weighted by Gasteiger charge is -2.16. The van der Waals surface area contributed by atoms with Gasteiger partial charge in [-0.15, -0.1) is 0 Å². The molecule has 0 radical (unpaired) electrons. The predicted octanol–water partition coefficient (Wildman–Crippen LogP) is 2.21. The van der Waals surface area contributed by atoms with E-state index in [1.54, 1.807) is 7.05 Å². The second-order valence-corrected chi connectivity index (χ2v) is 8.18. The van der Waals surface area contributed by atoms with Crippen LogP contribution in [0.15, 0.2) is 11.1 Å². The van der Waals surface area contributed by atoms with Crippen molar-refractivity contribution in [2.45, 2.75) is 44.9 Å². The van der Waals surface area contributed by atoms with Crippen LogP contribution in [-0.4, -0.2) is 33.5 Å². The second kappa shape index (κ2) is 6.93. The number of rotatable bonds is 5. The summed E-state index contributed by atoms with van der Waals surface area (Å²) in [6, 6.07) is 1.60. The van der Waals surface area contributed by atoms with Crippen LogP contribution in [0.3, 0.4) is 0 Å². The molecule has 1 aromatic carbocycles. The molecule has 24 heavy (non-hydrogen) atoms. The Morgan fingerprint density at radius 3 is 2.38 bits per heavy atom. The van der Waals surface area contributed by atoms with Gasteiger partial charge in [-0.3, -0.25) is 0 Å². The second-order valence-electron chi connectivity index (χ2n) is 6.34. The van der Waals surface area contributed by atoms with Crippen LogP contribution in [-0.2, 0) is 35.7 Å². The SMILES string of the molecule is CN=CCCS(=O)(=O)NC(=O)Nc1c2c(cc3c1CCC3)CCC2. The number of nitrogens with one attached hydrogen (secondary N) is 2. The first-order chi connectivity index (χ1) is 11.5. The highest BCUT2D eigenvalue weighted by molar-refractivity contribution is 7.90. The van der Waals surface area contributed by atoms with E-state index < -0.39 is 16.1 Å². The fraction of sp³-hybridized carbons (Fsp3) is 0.529. The first kappa shape index (κ1) is 17.0. The van der Waals surface area contributed by atoms with E-state index in [4.69, 9.17) is 0 Å². The third kappa shape index (κ3) is 3.61. The zero-order valence-electron chi connectivity index (χ0n) is 13.9. The zero-order chi connectivity index (χ0) is 17.2. The molecule has 2 N–H and O–H groups in total. The number of carbonyl (C=O) groups is 1. The molecule has 0 unspecified atom stereocenters. The van der Waals surface area contributed by atoms with E-state index in [1.165, 1.54) is 28.5 Å². The molecule has 0 spiro atoms. The fourth-order valence-corrected chi connectivity index (χ4v) is 4.49. The van der Waals surface area contributed by atoms with Gasteiger partial charge in [0.05, 0.1) is 5.75 Å². The lowest BCUT2D eigenvalue weighted by atomic mass is 9.99. The van der Waals surface area contributed by atoms with E-state index in [1.807, 2.05) is 0 Å². The highest BCUT2D eigenvalue weighted by Crippen LogP contribution is 2.38. The molecule has 1 aromatic rings. The summed E-state index contributed by atoms with van der Waals surface area (Å²) < 4.78 is 26.0. The van der Waals surface area contributed by atoms with Crippen molar-refractivity contribution >= 4 is 28.0 Å². The average molecular weight is 349 g/mol. The van der Waals surface area contributed by atoms with Crippen LogP contribution >= 0.6 is 0 Å². The fourth-order valence-electron chi connectivity index (χ4n) is 3.64. The molecule has 0 saturated heterocycles. The third-order valence-corrected chi connectivity index (χ3v) is 5.93. The minimum Gasteiger partial charge on any atom is -0.307 e. The summed E-state index contributed by atoms with van der Waals surface area (Å²) in [4.78, 5) is 16.0. The van der Waals surface area contributed by atoms with E-state index in [-0.39, 0.29) is 12.2 Å². The molecule has 0 aliphatic heterocycles. The van der Waals surface area contributed by atoms with Crippen molar-refractivity contribution in [1.29, 1.82) is 0 Å². The van der Waals surface area contributed by atoms with Crippen molar-refractivity contribution in [3.8, 4) is 0 Å². The summed E-state index contributed by atoms with van der Waals surface area (Å²) >= 11 is 0. The third-order valence-electron chi connectivity index (χ3n) is 4.66. The number of anilines is 1. The summed E-state index contributed by atoms with van der Waals surface area (Å²) in [6.07, 6.45) is 7.94. The monoisotopic (exact) mass is 349 g/mol. The molecule has 7 heteroatoms. The summed E-state index contributed by atoms with van der Waals surface area (Å²) in [5, 5.41) is 2.83. The van der Waals surface area contributed by atoms with E-state index in [2.05, 4.69) is 21.1 Å². The smallest absolute Gasteiger partial charge is 0.307 e. The van der Waals surface area contributed by atoms with E-state index in [9.17, 15) is 13.2 Å². The van der Waals surface area contributed by atoms with Crippen molar-refractivity contribution in [2.75, 3.05) is 18.1 Å². The van der Waals surface area contributed by atoms with E-state index in [0.29, 0.717) is 0 Å². The van der Waals surface area contributed by atoms with E-state index >= 15 is 0 Å². The van der Waals surface area contributed by atoms with Gasteiger partial charge in [-0.05, 0) is 73.4 Å². The van der Waals surface area contributed by atoms with Crippen molar-refractivity contribution in [2.24, 2.45) is 4.99 Å². The van der Waals surface area contributed by atoms with Gasteiger partial charge in [0.1, 0.15) is 0 Å². The Balaban J connectivity index is 1.76. The quantitative estimate of drug-likeness (QED) is 0.799. The molecular formula is C17H23N3O3S. The number of urea groups is 1. The molecule has 6 nitrogen and oxygen atoms in total. The van der Waals surface area contributed by atoms with Crippen molar-refractivity contribution in [3.63, 3.8) is 0 Å². The summed E-state index contributed by atoms with van der Waals surface area (Å²) in [5.74, 6) is -0.150. The molecule has 0 atom stereocenters. The van der Waals surface area contributed by atoms with Crippen LogP contribution in [0, 0.1) is 0 Å².